The third-order valence-electron chi connectivity index (χ3n) is 4.84. The van der Waals surface area contributed by atoms with Crippen molar-refractivity contribution in [2.75, 3.05) is 0 Å². The molecule has 0 aliphatic rings. The Balaban J connectivity index is 3.76. The Bertz CT molecular complexity index is 344. The highest BCUT2D eigenvalue weighted by Crippen LogP contribution is 2.15. The van der Waals surface area contributed by atoms with Gasteiger partial charge < -0.3 is 10.5 Å². The van der Waals surface area contributed by atoms with Crippen LogP contribution in [-0.2, 0) is 14.3 Å². The van der Waals surface area contributed by atoms with E-state index < -0.39 is 0 Å². The quantitative estimate of drug-likeness (QED) is 0.222. The van der Waals surface area contributed by atoms with Gasteiger partial charge in [0.25, 0.3) is 0 Å². The lowest BCUT2D eigenvalue weighted by Gasteiger charge is -2.16. The number of nitrogens with two attached hydrogens (primary N) is 1. The van der Waals surface area contributed by atoms with E-state index in [2.05, 4.69) is 13.8 Å². The van der Waals surface area contributed by atoms with Gasteiger partial charge in [0.05, 0.1) is 6.42 Å². The molecular weight excluding hydrogens is 326 g/mol. The van der Waals surface area contributed by atoms with E-state index in [9.17, 15) is 9.59 Å². The first-order chi connectivity index (χ1) is 12.6. The zero-order valence-corrected chi connectivity index (χ0v) is 17.4. The monoisotopic (exact) mass is 369 g/mol. The van der Waals surface area contributed by atoms with Crippen LogP contribution >= 0.6 is 0 Å². The smallest absolute Gasteiger partial charge is 0.306 e. The Morgan fingerprint density at radius 3 is 1.69 bits per heavy atom. The molecule has 0 aromatic carbocycles. The van der Waals surface area contributed by atoms with Crippen LogP contribution in [0.5, 0.6) is 0 Å². The second kappa shape index (κ2) is 18.7. The van der Waals surface area contributed by atoms with Gasteiger partial charge in [-0.15, -0.1) is 0 Å². The number of carbonyl (C=O) groups excluding carboxylic acids is 2. The minimum atomic E-state index is -0.389. The number of unbranched alkanes of at least 4 members (excludes halogenated alkanes) is 12. The lowest BCUT2D eigenvalue weighted by Crippen LogP contribution is -2.25. The SMILES string of the molecule is CCCCCCCCCCCC(=O)O[C@H](CCCCCCC)CC(N)=O. The van der Waals surface area contributed by atoms with Gasteiger partial charge in [-0.25, -0.2) is 0 Å². The Morgan fingerprint density at radius 1 is 0.731 bits per heavy atom. The molecule has 0 radical (unpaired) electrons. The van der Waals surface area contributed by atoms with Gasteiger partial charge in [0, 0.05) is 6.42 Å². The van der Waals surface area contributed by atoms with Gasteiger partial charge in [0.15, 0.2) is 0 Å². The molecule has 154 valence electrons. The van der Waals surface area contributed by atoms with Crippen molar-refractivity contribution in [1.29, 1.82) is 0 Å². The Hall–Kier alpha value is -1.06. The number of carbonyl (C=O) groups is 2. The molecule has 0 saturated carbocycles. The van der Waals surface area contributed by atoms with E-state index in [-0.39, 0.29) is 24.4 Å². The van der Waals surface area contributed by atoms with Gasteiger partial charge in [-0.3, -0.25) is 9.59 Å². The largest absolute Gasteiger partial charge is 0.462 e. The third kappa shape index (κ3) is 17.8. The van der Waals surface area contributed by atoms with Gasteiger partial charge in [-0.1, -0.05) is 90.9 Å². The van der Waals surface area contributed by atoms with Crippen LogP contribution in [0, 0.1) is 0 Å². The fraction of sp³-hybridized carbons (Fsp3) is 0.909. The third-order valence-corrected chi connectivity index (χ3v) is 4.84. The molecule has 1 amide bonds. The number of primary amides is 1. The van der Waals surface area contributed by atoms with Gasteiger partial charge in [-0.2, -0.15) is 0 Å². The van der Waals surface area contributed by atoms with Crippen LogP contribution in [0.2, 0.25) is 0 Å². The maximum atomic E-state index is 12.0. The van der Waals surface area contributed by atoms with Crippen molar-refractivity contribution < 1.29 is 14.3 Å². The maximum Gasteiger partial charge on any atom is 0.306 e. The van der Waals surface area contributed by atoms with Gasteiger partial charge >= 0.3 is 5.97 Å². The highest BCUT2D eigenvalue weighted by Gasteiger charge is 2.16. The van der Waals surface area contributed by atoms with E-state index in [4.69, 9.17) is 10.5 Å². The first-order valence-corrected chi connectivity index (χ1v) is 11.1. The number of hydrogen-bond donors (Lipinski definition) is 1. The molecule has 0 bridgehead atoms. The highest BCUT2D eigenvalue weighted by molar-refractivity contribution is 5.75. The lowest BCUT2D eigenvalue weighted by atomic mass is 10.1. The number of amides is 1. The summed E-state index contributed by atoms with van der Waals surface area (Å²) in [6.45, 7) is 4.42. The molecule has 0 unspecified atom stereocenters. The molecule has 0 heterocycles. The molecule has 4 nitrogen and oxygen atoms in total. The molecule has 0 aliphatic heterocycles. The Labute approximate surface area is 161 Å². The maximum absolute atomic E-state index is 12.0. The summed E-state index contributed by atoms with van der Waals surface area (Å²) in [4.78, 5) is 23.2. The summed E-state index contributed by atoms with van der Waals surface area (Å²) in [6.07, 6.45) is 17.8. The summed E-state index contributed by atoms with van der Waals surface area (Å²) in [7, 11) is 0. The van der Waals surface area contributed by atoms with Crippen LogP contribution in [0.25, 0.3) is 0 Å². The molecule has 0 rings (SSSR count). The Kier molecular flexibility index (Phi) is 18.0. The molecule has 0 aromatic rings. The van der Waals surface area contributed by atoms with E-state index >= 15 is 0 Å². The number of hydrogen-bond acceptors (Lipinski definition) is 3. The molecule has 0 spiro atoms. The van der Waals surface area contributed by atoms with E-state index in [0.29, 0.717) is 6.42 Å². The molecule has 0 aromatic heterocycles. The summed E-state index contributed by atoms with van der Waals surface area (Å²) in [5.41, 5.74) is 5.29. The fourth-order valence-corrected chi connectivity index (χ4v) is 3.23. The zero-order chi connectivity index (χ0) is 19.5. The summed E-state index contributed by atoms with van der Waals surface area (Å²) in [5.74, 6) is -0.563. The van der Waals surface area contributed by atoms with E-state index in [0.717, 1.165) is 32.1 Å². The number of ether oxygens (including phenoxy) is 1. The molecular formula is C22H43NO3. The van der Waals surface area contributed by atoms with E-state index in [1.807, 2.05) is 0 Å². The van der Waals surface area contributed by atoms with Crippen LogP contribution in [0.1, 0.15) is 123 Å². The Morgan fingerprint density at radius 2 is 1.19 bits per heavy atom. The molecule has 0 saturated heterocycles. The van der Waals surface area contributed by atoms with Crippen molar-refractivity contribution in [2.45, 2.75) is 129 Å². The van der Waals surface area contributed by atoms with Crippen molar-refractivity contribution in [2.24, 2.45) is 5.73 Å². The van der Waals surface area contributed by atoms with Crippen LogP contribution in [0.3, 0.4) is 0 Å². The van der Waals surface area contributed by atoms with Crippen LogP contribution in [0.4, 0.5) is 0 Å². The molecule has 4 heteroatoms. The van der Waals surface area contributed by atoms with Gasteiger partial charge in [-0.05, 0) is 19.3 Å². The van der Waals surface area contributed by atoms with Crippen LogP contribution in [0.15, 0.2) is 0 Å². The van der Waals surface area contributed by atoms with Crippen molar-refractivity contribution in [1.82, 2.24) is 0 Å². The molecule has 0 fully saturated rings. The minimum absolute atomic E-state index is 0.150. The van der Waals surface area contributed by atoms with Crippen molar-refractivity contribution in [3.05, 3.63) is 0 Å². The minimum Gasteiger partial charge on any atom is -0.462 e. The van der Waals surface area contributed by atoms with E-state index in [1.54, 1.807) is 0 Å². The molecule has 26 heavy (non-hydrogen) atoms. The number of rotatable bonds is 19. The normalized spacial score (nSPS) is 12.1. The predicted molar refractivity (Wildman–Crippen MR) is 109 cm³/mol. The zero-order valence-electron chi connectivity index (χ0n) is 17.4. The van der Waals surface area contributed by atoms with E-state index in [1.165, 1.54) is 64.2 Å². The molecule has 1 atom stereocenters. The first kappa shape index (κ1) is 24.9. The summed E-state index contributed by atoms with van der Waals surface area (Å²) < 4.78 is 5.50. The summed E-state index contributed by atoms with van der Waals surface area (Å²) in [6, 6.07) is 0. The lowest BCUT2D eigenvalue weighted by molar-refractivity contribution is -0.150. The van der Waals surface area contributed by atoms with Crippen molar-refractivity contribution in [3.8, 4) is 0 Å². The number of esters is 1. The first-order valence-electron chi connectivity index (χ1n) is 11.1. The van der Waals surface area contributed by atoms with Gasteiger partial charge in [0.1, 0.15) is 6.10 Å². The highest BCUT2D eigenvalue weighted by atomic mass is 16.5. The second-order valence-electron chi connectivity index (χ2n) is 7.56. The fourth-order valence-electron chi connectivity index (χ4n) is 3.23. The van der Waals surface area contributed by atoms with Crippen LogP contribution in [-0.4, -0.2) is 18.0 Å². The van der Waals surface area contributed by atoms with Crippen molar-refractivity contribution in [3.63, 3.8) is 0 Å². The molecule has 0 aliphatic carbocycles. The van der Waals surface area contributed by atoms with Crippen LogP contribution < -0.4 is 5.73 Å². The summed E-state index contributed by atoms with van der Waals surface area (Å²) in [5, 5.41) is 0. The average molecular weight is 370 g/mol. The molecule has 2 N–H and O–H groups in total. The predicted octanol–water partition coefficient (Wildman–Crippen LogP) is 6.06. The topological polar surface area (TPSA) is 69.4 Å². The summed E-state index contributed by atoms with van der Waals surface area (Å²) >= 11 is 0. The second-order valence-corrected chi connectivity index (χ2v) is 7.56. The standard InChI is InChI=1S/C22H43NO3/c1-3-5-7-9-10-11-12-14-16-18-22(25)26-20(19-21(23)24)17-15-13-8-6-4-2/h20H,3-19H2,1-2H3,(H2,23,24)/t20-/m1/s1. The van der Waals surface area contributed by atoms with Crippen molar-refractivity contribution >= 4 is 11.9 Å². The van der Waals surface area contributed by atoms with Gasteiger partial charge in [0.2, 0.25) is 5.91 Å². The average Bonchev–Trinajstić information content (AvgIpc) is 2.59.